The van der Waals surface area contributed by atoms with Gasteiger partial charge in [0, 0.05) is 17.1 Å². The van der Waals surface area contributed by atoms with E-state index in [1.165, 1.54) is 44.1 Å². The lowest BCUT2D eigenvalue weighted by molar-refractivity contribution is 0.459. The lowest BCUT2D eigenvalue weighted by Crippen LogP contribution is -2.27. The van der Waals surface area contributed by atoms with Gasteiger partial charge >= 0.3 is 0 Å². The fourth-order valence-electron chi connectivity index (χ4n) is 2.35. The van der Waals surface area contributed by atoms with Gasteiger partial charge in [0.05, 0.1) is 0 Å². The minimum Gasteiger partial charge on any atom is -0.310 e. The second-order valence-electron chi connectivity index (χ2n) is 4.70. The second kappa shape index (κ2) is 8.12. The number of rotatable bonds is 3. The zero-order valence-corrected chi connectivity index (χ0v) is 12.5. The number of benzene rings is 1. The fourth-order valence-corrected chi connectivity index (χ4v) is 2.61. The molecule has 1 aromatic rings. The van der Waals surface area contributed by atoms with E-state index in [0.717, 1.165) is 17.1 Å². The molecule has 0 radical (unpaired) electrons. The predicted octanol–water partition coefficient (Wildman–Crippen LogP) is 4.68. The quantitative estimate of drug-likeness (QED) is 0.798. The SMILES string of the molecule is Brc1ccc(CNC2CCCCCC2)cc1.Cl. The highest BCUT2D eigenvalue weighted by atomic mass is 79.9. The average Bonchev–Trinajstić information content (AvgIpc) is 2.57. The highest BCUT2D eigenvalue weighted by molar-refractivity contribution is 9.10. The first kappa shape index (κ1) is 15.0. The topological polar surface area (TPSA) is 12.0 Å². The molecule has 0 spiro atoms. The van der Waals surface area contributed by atoms with Crippen LogP contribution in [0.3, 0.4) is 0 Å². The molecule has 0 saturated heterocycles. The van der Waals surface area contributed by atoms with Gasteiger partial charge in [-0.1, -0.05) is 53.7 Å². The van der Waals surface area contributed by atoms with Crippen LogP contribution in [0.5, 0.6) is 0 Å². The third kappa shape index (κ3) is 5.41. The molecule has 0 aromatic heterocycles. The van der Waals surface area contributed by atoms with Gasteiger partial charge < -0.3 is 5.32 Å². The summed E-state index contributed by atoms with van der Waals surface area (Å²) in [5.74, 6) is 0. The Kier molecular flexibility index (Phi) is 7.17. The van der Waals surface area contributed by atoms with E-state index in [-0.39, 0.29) is 12.4 Å². The summed E-state index contributed by atoms with van der Waals surface area (Å²) in [6.45, 7) is 1.01. The van der Waals surface area contributed by atoms with E-state index in [1.807, 2.05) is 0 Å². The number of hydrogen-bond acceptors (Lipinski definition) is 1. The molecule has 0 aliphatic heterocycles. The number of nitrogens with one attached hydrogen (secondary N) is 1. The smallest absolute Gasteiger partial charge is 0.0208 e. The van der Waals surface area contributed by atoms with E-state index in [9.17, 15) is 0 Å². The third-order valence-electron chi connectivity index (χ3n) is 3.36. The van der Waals surface area contributed by atoms with Crippen molar-refractivity contribution in [3.8, 4) is 0 Å². The van der Waals surface area contributed by atoms with Gasteiger partial charge in [0.15, 0.2) is 0 Å². The third-order valence-corrected chi connectivity index (χ3v) is 3.89. The van der Waals surface area contributed by atoms with Crippen molar-refractivity contribution in [2.75, 3.05) is 0 Å². The van der Waals surface area contributed by atoms with Gasteiger partial charge in [-0.2, -0.15) is 0 Å². The minimum absolute atomic E-state index is 0. The summed E-state index contributed by atoms with van der Waals surface area (Å²) < 4.78 is 1.16. The molecule has 0 unspecified atom stereocenters. The van der Waals surface area contributed by atoms with E-state index >= 15 is 0 Å². The van der Waals surface area contributed by atoms with Crippen LogP contribution in [0.4, 0.5) is 0 Å². The Morgan fingerprint density at radius 2 is 1.59 bits per heavy atom. The zero-order valence-electron chi connectivity index (χ0n) is 10.1. The molecule has 0 bridgehead atoms. The molecule has 0 atom stereocenters. The van der Waals surface area contributed by atoms with Crippen molar-refractivity contribution >= 4 is 28.3 Å². The van der Waals surface area contributed by atoms with Crippen molar-refractivity contribution in [1.29, 1.82) is 0 Å². The molecule has 96 valence electrons. The van der Waals surface area contributed by atoms with Crippen LogP contribution in [-0.2, 0) is 6.54 Å². The minimum atomic E-state index is 0. The molecular weight excluding hydrogens is 298 g/mol. The van der Waals surface area contributed by atoms with Crippen molar-refractivity contribution in [3.05, 3.63) is 34.3 Å². The van der Waals surface area contributed by atoms with E-state index < -0.39 is 0 Å². The molecule has 3 heteroatoms. The van der Waals surface area contributed by atoms with Crippen LogP contribution in [0.15, 0.2) is 28.7 Å². The van der Waals surface area contributed by atoms with E-state index in [4.69, 9.17) is 0 Å². The van der Waals surface area contributed by atoms with Gasteiger partial charge in [0.25, 0.3) is 0 Å². The lowest BCUT2D eigenvalue weighted by atomic mass is 10.1. The molecular formula is C14H21BrClN. The van der Waals surface area contributed by atoms with Crippen LogP contribution in [0.25, 0.3) is 0 Å². The Morgan fingerprint density at radius 1 is 1.00 bits per heavy atom. The molecule has 1 aliphatic rings. The molecule has 1 aliphatic carbocycles. The Morgan fingerprint density at radius 3 is 2.18 bits per heavy atom. The maximum Gasteiger partial charge on any atom is 0.0208 e. The number of halogens is 2. The summed E-state index contributed by atoms with van der Waals surface area (Å²) in [4.78, 5) is 0. The Bertz CT molecular complexity index is 305. The summed E-state index contributed by atoms with van der Waals surface area (Å²) in [7, 11) is 0. The molecule has 1 saturated carbocycles. The van der Waals surface area contributed by atoms with Crippen LogP contribution in [0.1, 0.15) is 44.1 Å². The second-order valence-corrected chi connectivity index (χ2v) is 5.61. The summed E-state index contributed by atoms with van der Waals surface area (Å²) in [5.41, 5.74) is 1.38. The van der Waals surface area contributed by atoms with Gasteiger partial charge in [-0.3, -0.25) is 0 Å². The molecule has 1 aromatic carbocycles. The summed E-state index contributed by atoms with van der Waals surface area (Å²) in [6.07, 6.45) is 8.37. The largest absolute Gasteiger partial charge is 0.310 e. The van der Waals surface area contributed by atoms with Gasteiger partial charge in [0.2, 0.25) is 0 Å². The van der Waals surface area contributed by atoms with Crippen LogP contribution in [0.2, 0.25) is 0 Å². The van der Waals surface area contributed by atoms with Crippen LogP contribution >= 0.6 is 28.3 Å². The first-order chi connectivity index (χ1) is 7.84. The first-order valence-corrected chi connectivity index (χ1v) is 7.12. The van der Waals surface area contributed by atoms with Gasteiger partial charge in [-0.15, -0.1) is 12.4 Å². The Hall–Kier alpha value is -0.0500. The molecule has 1 fully saturated rings. The maximum absolute atomic E-state index is 3.68. The molecule has 1 nitrogen and oxygen atoms in total. The van der Waals surface area contributed by atoms with Gasteiger partial charge in [-0.25, -0.2) is 0 Å². The summed E-state index contributed by atoms with van der Waals surface area (Å²) in [5, 5.41) is 3.68. The van der Waals surface area contributed by atoms with Gasteiger partial charge in [-0.05, 0) is 30.5 Å². The van der Waals surface area contributed by atoms with E-state index in [2.05, 4.69) is 45.5 Å². The first-order valence-electron chi connectivity index (χ1n) is 6.32. The maximum atomic E-state index is 3.68. The fraction of sp³-hybridized carbons (Fsp3) is 0.571. The van der Waals surface area contributed by atoms with Crippen LogP contribution < -0.4 is 5.32 Å². The Labute approximate surface area is 119 Å². The van der Waals surface area contributed by atoms with E-state index in [0.29, 0.717) is 0 Å². The molecule has 2 rings (SSSR count). The molecule has 0 amide bonds. The molecule has 1 N–H and O–H groups in total. The zero-order chi connectivity index (χ0) is 11.2. The standard InChI is InChI=1S/C14H20BrN.ClH/c15-13-9-7-12(8-10-13)11-16-14-5-3-1-2-4-6-14;/h7-10,14,16H,1-6,11H2;1H. The Balaban J connectivity index is 0.00000144. The van der Waals surface area contributed by atoms with Crippen molar-refractivity contribution < 1.29 is 0 Å². The summed E-state index contributed by atoms with van der Waals surface area (Å²) >= 11 is 3.46. The summed E-state index contributed by atoms with van der Waals surface area (Å²) in [6, 6.07) is 9.35. The predicted molar refractivity (Wildman–Crippen MR) is 79.7 cm³/mol. The lowest BCUT2D eigenvalue weighted by Gasteiger charge is -2.16. The van der Waals surface area contributed by atoms with Crippen molar-refractivity contribution in [2.24, 2.45) is 0 Å². The monoisotopic (exact) mass is 317 g/mol. The van der Waals surface area contributed by atoms with Crippen LogP contribution in [-0.4, -0.2) is 6.04 Å². The van der Waals surface area contributed by atoms with Crippen molar-refractivity contribution in [3.63, 3.8) is 0 Å². The van der Waals surface area contributed by atoms with E-state index in [1.54, 1.807) is 0 Å². The average molecular weight is 319 g/mol. The van der Waals surface area contributed by atoms with Crippen molar-refractivity contribution in [1.82, 2.24) is 5.32 Å². The highest BCUT2D eigenvalue weighted by Gasteiger charge is 2.10. The normalized spacial score (nSPS) is 17.2. The van der Waals surface area contributed by atoms with Gasteiger partial charge in [0.1, 0.15) is 0 Å². The number of hydrogen-bond donors (Lipinski definition) is 1. The molecule has 17 heavy (non-hydrogen) atoms. The van der Waals surface area contributed by atoms with Crippen LogP contribution in [0, 0.1) is 0 Å². The van der Waals surface area contributed by atoms with Crippen molar-refractivity contribution in [2.45, 2.75) is 51.1 Å². The molecule has 0 heterocycles. The highest BCUT2D eigenvalue weighted by Crippen LogP contribution is 2.18.